The first-order valence-electron chi connectivity index (χ1n) is 7.59. The number of hydrogen-bond donors (Lipinski definition) is 1. The molecule has 0 spiro atoms. The van der Waals surface area contributed by atoms with Gasteiger partial charge in [-0.1, -0.05) is 6.92 Å². The summed E-state index contributed by atoms with van der Waals surface area (Å²) in [6, 6.07) is 0. The lowest BCUT2D eigenvalue weighted by Crippen LogP contribution is -2.29. The first-order valence-corrected chi connectivity index (χ1v) is 7.59. The van der Waals surface area contributed by atoms with Crippen molar-refractivity contribution in [2.24, 2.45) is 7.05 Å². The summed E-state index contributed by atoms with van der Waals surface area (Å²) in [5.74, 6) is 0.558. The molecule has 8 heteroatoms. The smallest absolute Gasteiger partial charge is 0.302 e. The van der Waals surface area contributed by atoms with Crippen LogP contribution in [0.5, 0.6) is 0 Å². The number of aromatic amines is 1. The van der Waals surface area contributed by atoms with Gasteiger partial charge in [-0.25, -0.2) is 9.48 Å². The minimum absolute atomic E-state index is 0.368. The maximum Gasteiger partial charge on any atom is 0.329 e. The van der Waals surface area contributed by atoms with Crippen LogP contribution in [-0.4, -0.2) is 28.9 Å². The van der Waals surface area contributed by atoms with Crippen LogP contribution in [0.4, 0.5) is 0 Å². The van der Waals surface area contributed by atoms with E-state index in [1.165, 1.54) is 4.57 Å². The van der Waals surface area contributed by atoms with Crippen LogP contribution in [0.1, 0.15) is 30.3 Å². The summed E-state index contributed by atoms with van der Waals surface area (Å²) in [6.45, 7) is 8.55. The molecule has 0 aliphatic heterocycles. The molecule has 3 aromatic rings. The zero-order chi connectivity index (χ0) is 16.9. The van der Waals surface area contributed by atoms with Crippen molar-refractivity contribution in [2.75, 3.05) is 0 Å². The maximum atomic E-state index is 12.3. The highest BCUT2D eigenvalue weighted by Gasteiger charge is 2.20. The maximum absolute atomic E-state index is 12.3. The largest absolute Gasteiger partial charge is 0.329 e. The molecular formula is C15H20N6O2. The first-order chi connectivity index (χ1) is 10.9. The molecule has 0 saturated heterocycles. The molecule has 23 heavy (non-hydrogen) atoms. The van der Waals surface area contributed by atoms with E-state index in [1.807, 2.05) is 32.3 Å². The Morgan fingerprint density at radius 3 is 2.43 bits per heavy atom. The normalized spacial score (nSPS) is 11.5. The molecule has 0 fully saturated rings. The Balaban J connectivity index is 2.46. The lowest BCUT2D eigenvalue weighted by Gasteiger charge is -2.08. The van der Waals surface area contributed by atoms with Crippen molar-refractivity contribution in [1.82, 2.24) is 28.9 Å². The molecule has 0 atom stereocenters. The van der Waals surface area contributed by atoms with Crippen LogP contribution in [-0.2, 0) is 13.6 Å². The van der Waals surface area contributed by atoms with Gasteiger partial charge in [0.1, 0.15) is 0 Å². The lowest BCUT2D eigenvalue weighted by atomic mass is 10.2. The number of fused-ring (bicyclic) bond motifs is 1. The Labute approximate surface area is 132 Å². The number of nitrogens with zero attached hydrogens (tertiary/aromatic N) is 5. The molecule has 0 unspecified atom stereocenters. The number of aromatic nitrogens is 6. The molecule has 0 radical (unpaired) electrons. The van der Waals surface area contributed by atoms with E-state index < -0.39 is 11.2 Å². The Morgan fingerprint density at radius 2 is 1.87 bits per heavy atom. The minimum atomic E-state index is -0.472. The van der Waals surface area contributed by atoms with Crippen molar-refractivity contribution >= 4 is 11.2 Å². The van der Waals surface area contributed by atoms with Crippen LogP contribution in [0.3, 0.4) is 0 Å². The molecule has 0 amide bonds. The third kappa shape index (κ3) is 2.13. The summed E-state index contributed by atoms with van der Waals surface area (Å²) in [4.78, 5) is 31.0. The number of rotatable bonds is 3. The molecule has 3 aromatic heterocycles. The van der Waals surface area contributed by atoms with Gasteiger partial charge in [-0.3, -0.25) is 14.3 Å². The quantitative estimate of drug-likeness (QED) is 0.778. The van der Waals surface area contributed by atoms with E-state index in [9.17, 15) is 9.59 Å². The number of nitrogens with one attached hydrogen (secondary N) is 1. The monoisotopic (exact) mass is 316 g/mol. The van der Waals surface area contributed by atoms with Crippen LogP contribution >= 0.6 is 0 Å². The Hall–Kier alpha value is -2.64. The fourth-order valence-corrected chi connectivity index (χ4v) is 2.74. The van der Waals surface area contributed by atoms with Gasteiger partial charge in [0.2, 0.25) is 5.95 Å². The molecule has 3 rings (SSSR count). The van der Waals surface area contributed by atoms with Crippen molar-refractivity contribution < 1.29 is 0 Å². The standard InChI is InChI=1S/C15H20N6O2/c1-6-7-20-11-12(19(5)15(23)17-13(11)22)16-14(20)21-10(4)8(2)9(3)18-21/h6-7H2,1-5H3,(H,17,22,23). The molecule has 122 valence electrons. The Kier molecular flexibility index (Phi) is 3.46. The van der Waals surface area contributed by atoms with Gasteiger partial charge >= 0.3 is 5.69 Å². The molecule has 0 aromatic carbocycles. The van der Waals surface area contributed by atoms with Gasteiger partial charge in [-0.2, -0.15) is 10.1 Å². The predicted octanol–water partition coefficient (Wildman–Crippen LogP) is 0.944. The van der Waals surface area contributed by atoms with E-state index in [4.69, 9.17) is 0 Å². The van der Waals surface area contributed by atoms with Crippen molar-refractivity contribution in [3.05, 3.63) is 37.8 Å². The lowest BCUT2D eigenvalue weighted by molar-refractivity contribution is 0.641. The average molecular weight is 316 g/mol. The zero-order valence-corrected chi connectivity index (χ0v) is 14.0. The highest BCUT2D eigenvalue weighted by Crippen LogP contribution is 2.19. The SMILES string of the molecule is CCCn1c(-n2nc(C)c(C)c2C)nc2c1c(=O)[nH]c(=O)n2C. The molecule has 0 aliphatic carbocycles. The van der Waals surface area contributed by atoms with E-state index in [1.54, 1.807) is 11.7 Å². The zero-order valence-electron chi connectivity index (χ0n) is 14.0. The van der Waals surface area contributed by atoms with E-state index in [2.05, 4.69) is 15.1 Å². The summed E-state index contributed by atoms with van der Waals surface area (Å²) >= 11 is 0. The topological polar surface area (TPSA) is 90.5 Å². The van der Waals surface area contributed by atoms with Gasteiger partial charge in [-0.05, 0) is 32.8 Å². The van der Waals surface area contributed by atoms with Crippen molar-refractivity contribution in [3.8, 4) is 5.95 Å². The Bertz CT molecular complexity index is 1020. The summed E-state index contributed by atoms with van der Waals surface area (Å²) < 4.78 is 4.92. The van der Waals surface area contributed by atoms with Gasteiger partial charge in [-0.15, -0.1) is 0 Å². The molecule has 1 N–H and O–H groups in total. The summed E-state index contributed by atoms with van der Waals surface area (Å²) in [5, 5.41) is 4.53. The number of imidazole rings is 1. The highest BCUT2D eigenvalue weighted by molar-refractivity contribution is 5.72. The molecule has 0 bridgehead atoms. The van der Waals surface area contributed by atoms with E-state index in [0.29, 0.717) is 23.7 Å². The summed E-state index contributed by atoms with van der Waals surface area (Å²) in [6.07, 6.45) is 0.832. The number of hydrogen-bond acceptors (Lipinski definition) is 4. The van der Waals surface area contributed by atoms with Crippen LogP contribution in [0, 0.1) is 20.8 Å². The average Bonchev–Trinajstić information content (AvgIpc) is 2.99. The van der Waals surface area contributed by atoms with E-state index in [0.717, 1.165) is 23.4 Å². The van der Waals surface area contributed by atoms with Crippen LogP contribution in [0.15, 0.2) is 9.59 Å². The van der Waals surface area contributed by atoms with Gasteiger partial charge < -0.3 is 4.57 Å². The van der Waals surface area contributed by atoms with Crippen LogP contribution in [0.25, 0.3) is 17.1 Å². The minimum Gasteiger partial charge on any atom is -0.302 e. The van der Waals surface area contributed by atoms with Crippen LogP contribution in [0.2, 0.25) is 0 Å². The molecule has 0 saturated carbocycles. The molecule has 8 nitrogen and oxygen atoms in total. The van der Waals surface area contributed by atoms with Crippen molar-refractivity contribution in [2.45, 2.75) is 40.7 Å². The first kappa shape index (κ1) is 15.3. The molecular weight excluding hydrogens is 296 g/mol. The fraction of sp³-hybridized carbons (Fsp3) is 0.467. The van der Waals surface area contributed by atoms with Gasteiger partial charge in [0.05, 0.1) is 5.69 Å². The third-order valence-electron chi connectivity index (χ3n) is 4.28. The highest BCUT2D eigenvalue weighted by atomic mass is 16.2. The van der Waals surface area contributed by atoms with Gasteiger partial charge in [0.25, 0.3) is 5.56 Å². The molecule has 0 aliphatic rings. The van der Waals surface area contributed by atoms with Gasteiger partial charge in [0.15, 0.2) is 11.2 Å². The second-order valence-electron chi connectivity index (χ2n) is 5.76. The summed E-state index contributed by atoms with van der Waals surface area (Å²) in [5.41, 5.74) is 2.84. The molecule has 3 heterocycles. The van der Waals surface area contributed by atoms with Crippen molar-refractivity contribution in [3.63, 3.8) is 0 Å². The number of aryl methyl sites for hydroxylation is 3. The van der Waals surface area contributed by atoms with Gasteiger partial charge in [0, 0.05) is 19.3 Å². The summed E-state index contributed by atoms with van der Waals surface area (Å²) in [7, 11) is 1.60. The Morgan fingerprint density at radius 1 is 1.17 bits per heavy atom. The van der Waals surface area contributed by atoms with E-state index >= 15 is 0 Å². The fourth-order valence-electron chi connectivity index (χ4n) is 2.74. The van der Waals surface area contributed by atoms with Crippen molar-refractivity contribution in [1.29, 1.82) is 0 Å². The van der Waals surface area contributed by atoms with Crippen LogP contribution < -0.4 is 11.2 Å². The second-order valence-corrected chi connectivity index (χ2v) is 5.76. The predicted molar refractivity (Wildman–Crippen MR) is 87.2 cm³/mol. The van der Waals surface area contributed by atoms with E-state index in [-0.39, 0.29) is 0 Å². The number of H-pyrrole nitrogens is 1. The third-order valence-corrected chi connectivity index (χ3v) is 4.28. The second kappa shape index (κ2) is 5.22.